The highest BCUT2D eigenvalue weighted by atomic mass is 32.1. The van der Waals surface area contributed by atoms with Crippen molar-refractivity contribution >= 4 is 32.6 Å². The van der Waals surface area contributed by atoms with E-state index in [0.29, 0.717) is 11.7 Å². The summed E-state index contributed by atoms with van der Waals surface area (Å²) in [7, 11) is 0. The van der Waals surface area contributed by atoms with Gasteiger partial charge in [-0.3, -0.25) is 4.79 Å². The van der Waals surface area contributed by atoms with Crippen LogP contribution in [0.4, 0.5) is 5.13 Å². The summed E-state index contributed by atoms with van der Waals surface area (Å²) in [4.78, 5) is 16.7. The van der Waals surface area contributed by atoms with E-state index >= 15 is 0 Å². The summed E-state index contributed by atoms with van der Waals surface area (Å²) in [5, 5.41) is 3.61. The number of nitrogens with zero attached hydrogens (tertiary/aromatic N) is 1. The third kappa shape index (κ3) is 3.24. The first kappa shape index (κ1) is 14.1. The fourth-order valence-electron chi connectivity index (χ4n) is 2.45. The second-order valence-electron chi connectivity index (χ2n) is 5.05. The van der Waals surface area contributed by atoms with Crippen LogP contribution in [0.5, 0.6) is 5.75 Å². The molecule has 0 radical (unpaired) electrons. The molecule has 1 aromatic heterocycles. The van der Waals surface area contributed by atoms with Crippen LogP contribution in [0.1, 0.15) is 26.2 Å². The molecule has 0 saturated heterocycles. The highest BCUT2D eigenvalue weighted by Gasteiger charge is 2.19. The SMILES string of the molecule is CCOc1ccc2nc(NC(=O)C3CC=CCC3)sc2c1. The minimum absolute atomic E-state index is 0.0704. The van der Waals surface area contributed by atoms with Crippen LogP contribution in [0, 0.1) is 5.92 Å². The number of nitrogens with one attached hydrogen (secondary N) is 1. The van der Waals surface area contributed by atoms with E-state index in [-0.39, 0.29) is 11.8 Å². The number of amides is 1. The van der Waals surface area contributed by atoms with E-state index in [0.717, 1.165) is 35.2 Å². The predicted molar refractivity (Wildman–Crippen MR) is 85.9 cm³/mol. The van der Waals surface area contributed by atoms with Gasteiger partial charge in [0.05, 0.1) is 16.8 Å². The van der Waals surface area contributed by atoms with E-state index in [1.807, 2.05) is 25.1 Å². The van der Waals surface area contributed by atoms with E-state index in [1.54, 1.807) is 0 Å². The normalized spacial score (nSPS) is 17.9. The van der Waals surface area contributed by atoms with Crippen molar-refractivity contribution in [1.82, 2.24) is 4.98 Å². The van der Waals surface area contributed by atoms with Gasteiger partial charge in [-0.15, -0.1) is 0 Å². The largest absolute Gasteiger partial charge is 0.494 e. The molecule has 110 valence electrons. The quantitative estimate of drug-likeness (QED) is 0.869. The third-order valence-corrected chi connectivity index (χ3v) is 4.47. The topological polar surface area (TPSA) is 51.2 Å². The Bertz CT molecular complexity index is 678. The Morgan fingerprint density at radius 3 is 3.14 bits per heavy atom. The molecule has 21 heavy (non-hydrogen) atoms. The zero-order valence-electron chi connectivity index (χ0n) is 12.0. The van der Waals surface area contributed by atoms with Gasteiger partial charge in [-0.2, -0.15) is 0 Å². The van der Waals surface area contributed by atoms with Gasteiger partial charge in [-0.1, -0.05) is 23.5 Å². The third-order valence-electron chi connectivity index (χ3n) is 3.54. The molecule has 5 heteroatoms. The first-order valence-corrected chi connectivity index (χ1v) is 8.07. The van der Waals surface area contributed by atoms with Crippen LogP contribution in [-0.2, 0) is 4.79 Å². The number of thiazole rings is 1. The van der Waals surface area contributed by atoms with Crippen LogP contribution in [-0.4, -0.2) is 17.5 Å². The number of anilines is 1. The minimum atomic E-state index is 0.0704. The molecule has 1 aliphatic carbocycles. The number of carbonyl (C=O) groups is 1. The zero-order chi connectivity index (χ0) is 14.7. The van der Waals surface area contributed by atoms with Crippen LogP contribution >= 0.6 is 11.3 Å². The summed E-state index contributed by atoms with van der Waals surface area (Å²) in [5.41, 5.74) is 0.891. The first-order chi connectivity index (χ1) is 10.3. The molecule has 0 fully saturated rings. The Kier molecular flexibility index (Phi) is 4.20. The smallest absolute Gasteiger partial charge is 0.229 e. The van der Waals surface area contributed by atoms with Gasteiger partial charge in [0.15, 0.2) is 5.13 Å². The number of hydrogen-bond donors (Lipinski definition) is 1. The van der Waals surface area contributed by atoms with Crippen molar-refractivity contribution in [2.45, 2.75) is 26.2 Å². The molecule has 1 aliphatic rings. The second kappa shape index (κ2) is 6.26. The van der Waals surface area contributed by atoms with Crippen molar-refractivity contribution in [1.29, 1.82) is 0 Å². The van der Waals surface area contributed by atoms with Crippen molar-refractivity contribution in [3.8, 4) is 5.75 Å². The van der Waals surface area contributed by atoms with Gasteiger partial charge in [0, 0.05) is 5.92 Å². The highest BCUT2D eigenvalue weighted by Crippen LogP contribution is 2.30. The Balaban J connectivity index is 1.74. The minimum Gasteiger partial charge on any atom is -0.494 e. The molecular formula is C16H18N2O2S. The molecule has 1 N–H and O–H groups in total. The lowest BCUT2D eigenvalue weighted by Crippen LogP contribution is -2.23. The lowest BCUT2D eigenvalue weighted by Gasteiger charge is -2.15. The van der Waals surface area contributed by atoms with Gasteiger partial charge in [-0.05, 0) is 44.4 Å². The van der Waals surface area contributed by atoms with Gasteiger partial charge >= 0.3 is 0 Å². The van der Waals surface area contributed by atoms with Crippen LogP contribution in [0.2, 0.25) is 0 Å². The fourth-order valence-corrected chi connectivity index (χ4v) is 3.35. The number of ether oxygens (including phenoxy) is 1. The molecule has 4 nitrogen and oxygen atoms in total. The van der Waals surface area contributed by atoms with Gasteiger partial charge in [0.25, 0.3) is 0 Å². The van der Waals surface area contributed by atoms with Gasteiger partial charge in [0.1, 0.15) is 5.75 Å². The van der Waals surface area contributed by atoms with Crippen LogP contribution in [0.25, 0.3) is 10.2 Å². The summed E-state index contributed by atoms with van der Waals surface area (Å²) in [6.45, 7) is 2.60. The van der Waals surface area contributed by atoms with Crippen molar-refractivity contribution in [3.63, 3.8) is 0 Å². The molecule has 0 aliphatic heterocycles. The number of hydrogen-bond acceptors (Lipinski definition) is 4. The molecule has 0 bridgehead atoms. The van der Waals surface area contributed by atoms with Gasteiger partial charge in [-0.25, -0.2) is 4.98 Å². The zero-order valence-corrected chi connectivity index (χ0v) is 12.8. The van der Waals surface area contributed by atoms with E-state index < -0.39 is 0 Å². The number of rotatable bonds is 4. The molecule has 0 spiro atoms. The average Bonchev–Trinajstić information content (AvgIpc) is 2.90. The maximum absolute atomic E-state index is 12.2. The molecule has 3 rings (SSSR count). The number of fused-ring (bicyclic) bond motifs is 1. The summed E-state index contributed by atoms with van der Waals surface area (Å²) in [6.07, 6.45) is 6.94. The molecular weight excluding hydrogens is 284 g/mol. The van der Waals surface area contributed by atoms with Crippen molar-refractivity contribution in [3.05, 3.63) is 30.4 Å². The Morgan fingerprint density at radius 2 is 2.38 bits per heavy atom. The van der Waals surface area contributed by atoms with Crippen LogP contribution < -0.4 is 10.1 Å². The fraction of sp³-hybridized carbons (Fsp3) is 0.375. The van der Waals surface area contributed by atoms with Gasteiger partial charge < -0.3 is 10.1 Å². The molecule has 1 unspecified atom stereocenters. The molecule has 1 amide bonds. The first-order valence-electron chi connectivity index (χ1n) is 7.25. The Labute approximate surface area is 127 Å². The van der Waals surface area contributed by atoms with Crippen molar-refractivity contribution in [2.75, 3.05) is 11.9 Å². The standard InChI is InChI=1S/C16H18N2O2S/c1-2-20-12-8-9-13-14(10-12)21-16(17-13)18-15(19)11-6-4-3-5-7-11/h3-4,8-11H,2,5-7H2,1H3,(H,17,18,19). The Morgan fingerprint density at radius 1 is 1.48 bits per heavy atom. The predicted octanol–water partition coefficient (Wildman–Crippen LogP) is 3.99. The summed E-state index contributed by atoms with van der Waals surface area (Å²) in [6, 6.07) is 5.80. The number of allylic oxidation sites excluding steroid dienone is 2. The van der Waals surface area contributed by atoms with Crippen LogP contribution in [0.3, 0.4) is 0 Å². The summed E-state index contributed by atoms with van der Waals surface area (Å²) >= 11 is 1.49. The maximum Gasteiger partial charge on any atom is 0.229 e. The molecule has 2 aromatic rings. The molecule has 0 saturated carbocycles. The Hall–Kier alpha value is -1.88. The summed E-state index contributed by atoms with van der Waals surface area (Å²) in [5.74, 6) is 0.980. The second-order valence-corrected chi connectivity index (χ2v) is 6.08. The van der Waals surface area contributed by atoms with E-state index in [2.05, 4.69) is 22.5 Å². The molecule has 1 aromatic carbocycles. The molecule has 1 atom stereocenters. The van der Waals surface area contributed by atoms with E-state index in [4.69, 9.17) is 4.74 Å². The lowest BCUT2D eigenvalue weighted by atomic mass is 9.94. The van der Waals surface area contributed by atoms with E-state index in [9.17, 15) is 4.79 Å². The highest BCUT2D eigenvalue weighted by molar-refractivity contribution is 7.22. The average molecular weight is 302 g/mol. The lowest BCUT2D eigenvalue weighted by molar-refractivity contribution is -0.120. The molecule has 1 heterocycles. The monoisotopic (exact) mass is 302 g/mol. The van der Waals surface area contributed by atoms with Crippen LogP contribution in [0.15, 0.2) is 30.4 Å². The number of benzene rings is 1. The van der Waals surface area contributed by atoms with Crippen molar-refractivity contribution in [2.24, 2.45) is 5.92 Å². The number of aromatic nitrogens is 1. The summed E-state index contributed by atoms with van der Waals surface area (Å²) < 4.78 is 6.51. The van der Waals surface area contributed by atoms with E-state index in [1.165, 1.54) is 11.3 Å². The maximum atomic E-state index is 12.2. The van der Waals surface area contributed by atoms with Gasteiger partial charge in [0.2, 0.25) is 5.91 Å². The van der Waals surface area contributed by atoms with Crippen molar-refractivity contribution < 1.29 is 9.53 Å². The number of carbonyl (C=O) groups excluding carboxylic acids is 1.